The Morgan fingerprint density at radius 1 is 1.35 bits per heavy atom. The van der Waals surface area contributed by atoms with Crippen molar-refractivity contribution < 1.29 is 9.59 Å². The number of hydrogen-bond acceptors (Lipinski definition) is 3. The number of hydrogen-bond donors (Lipinski definition) is 1. The number of rotatable bonds is 1. The average molecular weight is 373 g/mol. The van der Waals surface area contributed by atoms with Crippen LogP contribution in [0, 0.1) is 10.8 Å². The molecule has 1 unspecified atom stereocenters. The molecule has 0 bridgehead atoms. The van der Waals surface area contributed by atoms with E-state index in [1.807, 2.05) is 43.0 Å². The number of halogens is 1. The molecule has 1 amide bonds. The molecule has 1 aromatic carbocycles. The van der Waals surface area contributed by atoms with Gasteiger partial charge >= 0.3 is 0 Å². The number of nitrogens with zero attached hydrogens (tertiary/aromatic N) is 1. The lowest BCUT2D eigenvalue weighted by Gasteiger charge is -2.39. The van der Waals surface area contributed by atoms with E-state index in [9.17, 15) is 9.59 Å². The van der Waals surface area contributed by atoms with Crippen LogP contribution < -0.4 is 5.73 Å². The van der Waals surface area contributed by atoms with Gasteiger partial charge in [-0.3, -0.25) is 9.59 Å². The minimum absolute atomic E-state index is 0.0227. The van der Waals surface area contributed by atoms with Crippen molar-refractivity contribution in [2.45, 2.75) is 45.4 Å². The van der Waals surface area contributed by atoms with Crippen LogP contribution in [-0.2, 0) is 16.0 Å². The van der Waals surface area contributed by atoms with E-state index in [0.717, 1.165) is 42.8 Å². The van der Waals surface area contributed by atoms with Gasteiger partial charge in [-0.25, -0.2) is 0 Å². The van der Waals surface area contributed by atoms with Crippen molar-refractivity contribution in [3.63, 3.8) is 0 Å². The number of carbonyl (C=O) groups excluding carboxylic acids is 2. The van der Waals surface area contributed by atoms with Gasteiger partial charge in [0.05, 0.1) is 11.6 Å². The van der Waals surface area contributed by atoms with Gasteiger partial charge < -0.3 is 10.6 Å². The molecule has 1 spiro atoms. The first-order valence-electron chi connectivity index (χ1n) is 9.31. The Morgan fingerprint density at radius 3 is 2.85 bits per heavy atom. The number of carbonyl (C=O) groups is 2. The molecule has 1 heterocycles. The second-order valence-electron chi connectivity index (χ2n) is 8.80. The highest BCUT2D eigenvalue weighted by molar-refractivity contribution is 6.30. The molecule has 1 saturated heterocycles. The molecule has 138 valence electrons. The zero-order chi connectivity index (χ0) is 18.7. The van der Waals surface area contributed by atoms with Crippen LogP contribution >= 0.6 is 11.6 Å². The highest BCUT2D eigenvalue weighted by Crippen LogP contribution is 2.48. The van der Waals surface area contributed by atoms with Gasteiger partial charge in [0.15, 0.2) is 5.78 Å². The summed E-state index contributed by atoms with van der Waals surface area (Å²) in [5.41, 5.74) is 8.06. The molecule has 4 nitrogen and oxygen atoms in total. The van der Waals surface area contributed by atoms with E-state index in [0.29, 0.717) is 12.2 Å². The predicted molar refractivity (Wildman–Crippen MR) is 102 cm³/mol. The molecule has 1 aliphatic heterocycles. The van der Waals surface area contributed by atoms with E-state index >= 15 is 0 Å². The second kappa shape index (κ2) is 5.85. The number of Topliss-reactive ketones (excluding diaryl/α,β-unsaturated/α-hetero) is 1. The Hall–Kier alpha value is -1.81. The van der Waals surface area contributed by atoms with Crippen molar-refractivity contribution in [3.8, 4) is 0 Å². The van der Waals surface area contributed by atoms with Gasteiger partial charge in [-0.1, -0.05) is 31.5 Å². The molecule has 0 radical (unpaired) electrons. The summed E-state index contributed by atoms with van der Waals surface area (Å²) in [7, 11) is 0. The van der Waals surface area contributed by atoms with E-state index in [-0.39, 0.29) is 23.0 Å². The number of allylic oxidation sites excluding steroid dienone is 1. The third kappa shape index (κ3) is 2.75. The molecule has 5 heteroatoms. The number of aryl methyl sites for hydroxylation is 1. The van der Waals surface area contributed by atoms with Crippen LogP contribution in [0.4, 0.5) is 0 Å². The van der Waals surface area contributed by atoms with Gasteiger partial charge in [0.2, 0.25) is 5.91 Å². The van der Waals surface area contributed by atoms with Crippen molar-refractivity contribution >= 4 is 23.3 Å². The summed E-state index contributed by atoms with van der Waals surface area (Å²) < 4.78 is 0. The lowest BCUT2D eigenvalue weighted by atomic mass is 9.65. The highest BCUT2D eigenvalue weighted by atomic mass is 35.5. The Balaban J connectivity index is 1.55. The van der Waals surface area contributed by atoms with Crippen LogP contribution in [0.15, 0.2) is 30.0 Å². The van der Waals surface area contributed by atoms with Crippen LogP contribution in [0.3, 0.4) is 0 Å². The minimum Gasteiger partial charge on any atom is -0.396 e. The first kappa shape index (κ1) is 17.6. The zero-order valence-electron chi connectivity index (χ0n) is 15.3. The average Bonchev–Trinajstić information content (AvgIpc) is 3.16. The molecule has 0 saturated carbocycles. The van der Waals surface area contributed by atoms with Crippen LogP contribution in [0.2, 0.25) is 5.02 Å². The molecule has 3 aliphatic rings. The molecule has 26 heavy (non-hydrogen) atoms. The smallest absolute Gasteiger partial charge is 0.230 e. The molecule has 0 aromatic heterocycles. The Kier molecular flexibility index (Phi) is 3.96. The van der Waals surface area contributed by atoms with Gasteiger partial charge in [0, 0.05) is 28.9 Å². The summed E-state index contributed by atoms with van der Waals surface area (Å²) in [5.74, 6) is 0.149. The normalized spacial score (nSPS) is 29.8. The molecular formula is C21H25ClN2O2. The Bertz CT molecular complexity index is 829. The van der Waals surface area contributed by atoms with Gasteiger partial charge in [-0.05, 0) is 55.0 Å². The lowest BCUT2D eigenvalue weighted by molar-refractivity contribution is -0.132. The second-order valence-corrected chi connectivity index (χ2v) is 9.23. The molecule has 2 atom stereocenters. The first-order chi connectivity index (χ1) is 12.2. The minimum atomic E-state index is -0.464. The van der Waals surface area contributed by atoms with Crippen LogP contribution in [0.25, 0.3) is 0 Å². The number of ketones is 1. The van der Waals surface area contributed by atoms with Crippen LogP contribution in [0.1, 0.15) is 50.2 Å². The van der Waals surface area contributed by atoms with Crippen molar-refractivity contribution in [1.29, 1.82) is 0 Å². The molecular weight excluding hydrogens is 348 g/mol. The van der Waals surface area contributed by atoms with Gasteiger partial charge in [0.1, 0.15) is 0 Å². The lowest BCUT2D eigenvalue weighted by Crippen LogP contribution is -2.43. The molecule has 1 aromatic rings. The monoisotopic (exact) mass is 372 g/mol. The standard InChI is InChI=1S/C21H25ClN2O2/c1-20(2)11-21(10-17(23)18(20)25)7-8-24(12-21)19(26)16-5-3-13-9-14(22)4-6-15(13)16/h4,6,9-10,16H,3,5,7-8,11-12,23H2,1-2H3/t16?,21-/m0/s1. The van der Waals surface area contributed by atoms with Crippen molar-refractivity contribution in [2.75, 3.05) is 13.1 Å². The largest absolute Gasteiger partial charge is 0.396 e. The fraction of sp³-hybridized carbons (Fsp3) is 0.524. The van der Waals surface area contributed by atoms with E-state index in [2.05, 4.69) is 0 Å². The van der Waals surface area contributed by atoms with Gasteiger partial charge in [0.25, 0.3) is 0 Å². The van der Waals surface area contributed by atoms with Crippen molar-refractivity contribution in [3.05, 3.63) is 46.1 Å². The van der Waals surface area contributed by atoms with E-state index in [1.165, 1.54) is 5.56 Å². The molecule has 2 N–H and O–H groups in total. The molecule has 2 aliphatic carbocycles. The first-order valence-corrected chi connectivity index (χ1v) is 9.69. The topological polar surface area (TPSA) is 63.4 Å². The third-order valence-corrected chi connectivity index (χ3v) is 6.55. The Labute approximate surface area is 159 Å². The zero-order valence-corrected chi connectivity index (χ0v) is 16.1. The maximum absolute atomic E-state index is 13.2. The van der Waals surface area contributed by atoms with Crippen LogP contribution in [0.5, 0.6) is 0 Å². The number of fused-ring (bicyclic) bond motifs is 1. The molecule has 1 fully saturated rings. The maximum Gasteiger partial charge on any atom is 0.230 e. The molecule has 4 rings (SSSR count). The van der Waals surface area contributed by atoms with Crippen molar-refractivity contribution in [1.82, 2.24) is 4.90 Å². The van der Waals surface area contributed by atoms with E-state index in [1.54, 1.807) is 0 Å². The summed E-state index contributed by atoms with van der Waals surface area (Å²) in [6.45, 7) is 5.30. The summed E-state index contributed by atoms with van der Waals surface area (Å²) in [5, 5.41) is 0.728. The fourth-order valence-corrected chi connectivity index (χ4v) is 5.40. The van der Waals surface area contributed by atoms with E-state index in [4.69, 9.17) is 17.3 Å². The predicted octanol–water partition coefficient (Wildman–Crippen LogP) is 3.43. The number of amides is 1. The summed E-state index contributed by atoms with van der Waals surface area (Å²) >= 11 is 6.09. The third-order valence-electron chi connectivity index (χ3n) is 6.31. The van der Waals surface area contributed by atoms with Crippen LogP contribution in [-0.4, -0.2) is 29.7 Å². The number of nitrogens with two attached hydrogens (primary N) is 1. The summed E-state index contributed by atoms with van der Waals surface area (Å²) in [6, 6.07) is 5.85. The van der Waals surface area contributed by atoms with Gasteiger partial charge in [-0.15, -0.1) is 0 Å². The SMILES string of the molecule is CC1(C)C[C@@]2(C=C(N)C1=O)CCN(C(=O)C1CCc3cc(Cl)ccc31)C2. The maximum atomic E-state index is 13.2. The van der Waals surface area contributed by atoms with Gasteiger partial charge in [-0.2, -0.15) is 0 Å². The summed E-state index contributed by atoms with van der Waals surface area (Å²) in [4.78, 5) is 27.5. The number of likely N-dealkylation sites (tertiary alicyclic amines) is 1. The Morgan fingerprint density at radius 2 is 2.12 bits per heavy atom. The fourth-order valence-electron chi connectivity index (χ4n) is 5.21. The quantitative estimate of drug-likeness (QED) is 0.821. The van der Waals surface area contributed by atoms with Crippen molar-refractivity contribution in [2.24, 2.45) is 16.6 Å². The van der Waals surface area contributed by atoms with E-state index < -0.39 is 5.41 Å². The highest BCUT2D eigenvalue weighted by Gasteiger charge is 2.49. The summed E-state index contributed by atoms with van der Waals surface area (Å²) in [6.07, 6.45) is 5.30. The number of benzene rings is 1.